The number of anilines is 1. The van der Waals surface area contributed by atoms with Crippen LogP contribution in [0.4, 0.5) is 5.69 Å². The highest BCUT2D eigenvalue weighted by Gasteiger charge is 2.19. The predicted octanol–water partition coefficient (Wildman–Crippen LogP) is 4.83. The minimum Gasteiger partial charge on any atom is -0.449 e. The van der Waals surface area contributed by atoms with E-state index in [2.05, 4.69) is 5.32 Å². The molecule has 0 radical (unpaired) electrons. The van der Waals surface area contributed by atoms with Gasteiger partial charge < -0.3 is 10.1 Å². The zero-order valence-corrected chi connectivity index (χ0v) is 14.2. The van der Waals surface area contributed by atoms with Crippen LogP contribution in [0.15, 0.2) is 42.5 Å². The van der Waals surface area contributed by atoms with Gasteiger partial charge in [-0.3, -0.25) is 4.79 Å². The van der Waals surface area contributed by atoms with Gasteiger partial charge in [-0.05, 0) is 49.4 Å². The molecule has 1 N–H and O–H groups in total. The van der Waals surface area contributed by atoms with Gasteiger partial charge in [-0.15, -0.1) is 0 Å². The molecular formula is C16H12Cl3NO3. The fourth-order valence-electron chi connectivity index (χ4n) is 1.68. The summed E-state index contributed by atoms with van der Waals surface area (Å²) in [4.78, 5) is 24.0. The molecule has 0 aromatic heterocycles. The number of ether oxygens (including phenoxy) is 1. The van der Waals surface area contributed by atoms with Gasteiger partial charge in [0.15, 0.2) is 6.10 Å². The van der Waals surface area contributed by atoms with Crippen molar-refractivity contribution in [3.05, 3.63) is 63.1 Å². The van der Waals surface area contributed by atoms with Crippen molar-refractivity contribution in [1.82, 2.24) is 0 Å². The third kappa shape index (κ3) is 4.86. The zero-order chi connectivity index (χ0) is 17.0. The lowest BCUT2D eigenvalue weighted by Gasteiger charge is -2.14. The van der Waals surface area contributed by atoms with E-state index in [4.69, 9.17) is 39.5 Å². The van der Waals surface area contributed by atoms with Crippen LogP contribution in [0.1, 0.15) is 17.3 Å². The molecule has 0 saturated heterocycles. The van der Waals surface area contributed by atoms with Gasteiger partial charge >= 0.3 is 5.97 Å². The molecule has 23 heavy (non-hydrogen) atoms. The largest absolute Gasteiger partial charge is 0.449 e. The molecule has 4 nitrogen and oxygen atoms in total. The number of halogens is 3. The van der Waals surface area contributed by atoms with Gasteiger partial charge in [0.2, 0.25) is 0 Å². The average Bonchev–Trinajstić information content (AvgIpc) is 2.52. The van der Waals surface area contributed by atoms with Crippen molar-refractivity contribution in [1.29, 1.82) is 0 Å². The quantitative estimate of drug-likeness (QED) is 0.782. The molecule has 0 bridgehead atoms. The topological polar surface area (TPSA) is 55.4 Å². The number of carbonyl (C=O) groups excluding carboxylic acids is 2. The maximum Gasteiger partial charge on any atom is 0.338 e. The van der Waals surface area contributed by atoms with Crippen LogP contribution in [-0.4, -0.2) is 18.0 Å². The van der Waals surface area contributed by atoms with E-state index in [1.54, 1.807) is 24.3 Å². The van der Waals surface area contributed by atoms with E-state index in [0.717, 1.165) is 0 Å². The van der Waals surface area contributed by atoms with E-state index in [0.29, 0.717) is 15.7 Å². The van der Waals surface area contributed by atoms with Crippen LogP contribution in [-0.2, 0) is 9.53 Å². The summed E-state index contributed by atoms with van der Waals surface area (Å²) in [5.41, 5.74) is 0.766. The smallest absolute Gasteiger partial charge is 0.338 e. The molecule has 0 heterocycles. The molecule has 2 aromatic carbocycles. The number of rotatable bonds is 4. The highest BCUT2D eigenvalue weighted by molar-refractivity contribution is 6.42. The van der Waals surface area contributed by atoms with Gasteiger partial charge in [0, 0.05) is 10.7 Å². The molecule has 2 rings (SSSR count). The maximum atomic E-state index is 12.0. The minimum absolute atomic E-state index is 0.213. The van der Waals surface area contributed by atoms with Crippen LogP contribution in [0.2, 0.25) is 15.1 Å². The highest BCUT2D eigenvalue weighted by Crippen LogP contribution is 2.23. The molecule has 0 aliphatic rings. The number of esters is 1. The van der Waals surface area contributed by atoms with E-state index in [9.17, 15) is 9.59 Å². The molecule has 7 heteroatoms. The van der Waals surface area contributed by atoms with Crippen LogP contribution in [0.3, 0.4) is 0 Å². The third-order valence-electron chi connectivity index (χ3n) is 2.92. The minimum atomic E-state index is -0.979. The molecule has 0 saturated carbocycles. The van der Waals surface area contributed by atoms with Crippen molar-refractivity contribution >= 4 is 52.4 Å². The Kier molecular flexibility index (Phi) is 5.88. The van der Waals surface area contributed by atoms with Crippen molar-refractivity contribution < 1.29 is 14.3 Å². The fraction of sp³-hybridized carbons (Fsp3) is 0.125. The lowest BCUT2D eigenvalue weighted by atomic mass is 10.2. The van der Waals surface area contributed by atoms with Crippen molar-refractivity contribution in [2.75, 3.05) is 5.32 Å². The van der Waals surface area contributed by atoms with Crippen LogP contribution in [0.25, 0.3) is 0 Å². The van der Waals surface area contributed by atoms with Gasteiger partial charge in [-0.1, -0.05) is 34.8 Å². The molecule has 0 aliphatic heterocycles. The zero-order valence-electron chi connectivity index (χ0n) is 12.0. The molecular weight excluding hydrogens is 361 g/mol. The van der Waals surface area contributed by atoms with Crippen LogP contribution >= 0.6 is 34.8 Å². The number of benzene rings is 2. The number of hydrogen-bond donors (Lipinski definition) is 1. The Morgan fingerprint density at radius 3 is 2.26 bits per heavy atom. The molecule has 1 amide bonds. The van der Waals surface area contributed by atoms with Crippen LogP contribution in [0, 0.1) is 0 Å². The summed E-state index contributed by atoms with van der Waals surface area (Å²) < 4.78 is 5.11. The van der Waals surface area contributed by atoms with E-state index in [-0.39, 0.29) is 10.6 Å². The monoisotopic (exact) mass is 371 g/mol. The first-order chi connectivity index (χ1) is 10.9. The molecule has 1 unspecified atom stereocenters. The van der Waals surface area contributed by atoms with E-state index < -0.39 is 18.0 Å². The van der Waals surface area contributed by atoms with Gasteiger partial charge in [0.25, 0.3) is 5.91 Å². The summed E-state index contributed by atoms with van der Waals surface area (Å²) in [7, 11) is 0. The Morgan fingerprint density at radius 2 is 1.65 bits per heavy atom. The van der Waals surface area contributed by atoms with E-state index in [1.807, 2.05) is 0 Å². The Labute approximate surface area is 148 Å². The lowest BCUT2D eigenvalue weighted by Crippen LogP contribution is -2.30. The molecule has 0 fully saturated rings. The summed E-state index contributed by atoms with van der Waals surface area (Å²) in [6.45, 7) is 1.47. The first-order valence-electron chi connectivity index (χ1n) is 6.59. The van der Waals surface area contributed by atoms with Gasteiger partial charge in [-0.2, -0.15) is 0 Å². The number of carbonyl (C=O) groups is 2. The van der Waals surface area contributed by atoms with Gasteiger partial charge in [0.05, 0.1) is 15.6 Å². The van der Waals surface area contributed by atoms with Crippen molar-refractivity contribution in [2.45, 2.75) is 13.0 Å². The Balaban J connectivity index is 1.98. The Morgan fingerprint density at radius 1 is 1.00 bits per heavy atom. The van der Waals surface area contributed by atoms with Crippen LogP contribution in [0.5, 0.6) is 0 Å². The van der Waals surface area contributed by atoms with Gasteiger partial charge in [-0.25, -0.2) is 4.79 Å². The summed E-state index contributed by atoms with van der Waals surface area (Å²) in [6.07, 6.45) is -0.979. The molecule has 1 atom stereocenters. The predicted molar refractivity (Wildman–Crippen MR) is 91.4 cm³/mol. The normalized spacial score (nSPS) is 11.7. The van der Waals surface area contributed by atoms with E-state index >= 15 is 0 Å². The summed E-state index contributed by atoms with van der Waals surface area (Å²) in [6, 6.07) is 10.9. The summed E-state index contributed by atoms with van der Waals surface area (Å²) in [5, 5.41) is 3.75. The first-order valence-corrected chi connectivity index (χ1v) is 7.72. The summed E-state index contributed by atoms with van der Waals surface area (Å²) >= 11 is 17.4. The molecule has 0 spiro atoms. The van der Waals surface area contributed by atoms with Crippen molar-refractivity contribution in [3.63, 3.8) is 0 Å². The molecule has 120 valence electrons. The molecule has 2 aromatic rings. The maximum absolute atomic E-state index is 12.0. The Hall–Kier alpha value is -1.75. The number of amides is 1. The lowest BCUT2D eigenvalue weighted by molar-refractivity contribution is -0.123. The van der Waals surface area contributed by atoms with E-state index in [1.165, 1.54) is 25.1 Å². The SMILES string of the molecule is CC(OC(=O)c1ccc(Cl)c(Cl)c1)C(=O)Nc1ccc(Cl)cc1. The van der Waals surface area contributed by atoms with Crippen molar-refractivity contribution in [2.24, 2.45) is 0 Å². The second-order valence-electron chi connectivity index (χ2n) is 4.67. The first kappa shape index (κ1) is 17.6. The standard InChI is InChI=1S/C16H12Cl3NO3/c1-9(15(21)20-12-5-3-11(17)4-6-12)23-16(22)10-2-7-13(18)14(19)8-10/h2-9H,1H3,(H,20,21). The average molecular weight is 373 g/mol. The number of nitrogens with one attached hydrogen (secondary N) is 1. The molecule has 0 aliphatic carbocycles. The highest BCUT2D eigenvalue weighted by atomic mass is 35.5. The second-order valence-corrected chi connectivity index (χ2v) is 5.92. The van der Waals surface area contributed by atoms with Crippen LogP contribution < -0.4 is 5.32 Å². The fourth-order valence-corrected chi connectivity index (χ4v) is 2.11. The van der Waals surface area contributed by atoms with Gasteiger partial charge in [0.1, 0.15) is 0 Å². The summed E-state index contributed by atoms with van der Waals surface area (Å²) in [5.74, 6) is -1.12. The second kappa shape index (κ2) is 7.68. The Bertz CT molecular complexity index is 732. The number of hydrogen-bond acceptors (Lipinski definition) is 3. The van der Waals surface area contributed by atoms with Crippen molar-refractivity contribution in [3.8, 4) is 0 Å². The third-order valence-corrected chi connectivity index (χ3v) is 3.91.